The zero-order chi connectivity index (χ0) is 16.9. The second-order valence-corrected chi connectivity index (χ2v) is 6.37. The van der Waals surface area contributed by atoms with Gasteiger partial charge in [0.1, 0.15) is 17.2 Å². The van der Waals surface area contributed by atoms with Crippen LogP contribution in [0.5, 0.6) is 5.75 Å². The van der Waals surface area contributed by atoms with Crippen LogP contribution in [0.2, 0.25) is 0 Å². The molecule has 2 heterocycles. The second-order valence-electron chi connectivity index (χ2n) is 4.74. The van der Waals surface area contributed by atoms with Crippen LogP contribution < -0.4 is 10.2 Å². The van der Waals surface area contributed by atoms with Gasteiger partial charge in [0.2, 0.25) is 16.3 Å². The predicted molar refractivity (Wildman–Crippen MR) is 94.7 cm³/mol. The molecule has 3 aromatic rings. The summed E-state index contributed by atoms with van der Waals surface area (Å²) in [5, 5.41) is -0.131. The predicted octanol–water partition coefficient (Wildman–Crippen LogP) is 3.85. The van der Waals surface area contributed by atoms with E-state index in [9.17, 15) is 9.59 Å². The maximum atomic E-state index is 12.2. The molecule has 5 nitrogen and oxygen atoms in total. The monoisotopic (exact) mass is 359 g/mol. The average molecular weight is 359 g/mol. The molecule has 0 fully saturated rings. The van der Waals surface area contributed by atoms with E-state index in [1.165, 1.54) is 23.7 Å². The number of ether oxygens (including phenoxy) is 1. The summed E-state index contributed by atoms with van der Waals surface area (Å²) in [5.74, 6) is 0.236. The van der Waals surface area contributed by atoms with Gasteiger partial charge in [-0.25, -0.2) is 4.98 Å². The lowest BCUT2D eigenvalue weighted by molar-refractivity contribution is 0.109. The Morgan fingerprint density at radius 2 is 2.08 bits per heavy atom. The number of rotatable bonds is 5. The summed E-state index contributed by atoms with van der Waals surface area (Å²) in [6, 6.07) is 10.8. The third kappa shape index (κ3) is 3.42. The van der Waals surface area contributed by atoms with Gasteiger partial charge in [0.05, 0.1) is 11.8 Å². The molecule has 2 aromatic heterocycles. The van der Waals surface area contributed by atoms with E-state index >= 15 is 0 Å². The van der Waals surface area contributed by atoms with Gasteiger partial charge in [-0.15, -0.1) is 11.3 Å². The van der Waals surface area contributed by atoms with Crippen molar-refractivity contribution in [2.45, 2.75) is 6.61 Å². The zero-order valence-corrected chi connectivity index (χ0v) is 14.4. The highest BCUT2D eigenvalue weighted by Crippen LogP contribution is 2.33. The first kappa shape index (κ1) is 16.5. The summed E-state index contributed by atoms with van der Waals surface area (Å²) in [6.07, 6.45) is 2.97. The van der Waals surface area contributed by atoms with Crippen molar-refractivity contribution in [3.05, 3.63) is 68.8 Å². The van der Waals surface area contributed by atoms with Crippen molar-refractivity contribution in [1.29, 1.82) is 0 Å². The molecule has 7 heteroatoms. The standard InChI is InChI=1S/C17H13NO4S2/c1-23-17(20)16-13(18-10-24-16)15-14(12(19)7-8-21-15)22-9-11-5-3-2-4-6-11/h2-8,10H,9H2,1H3. The van der Waals surface area contributed by atoms with Crippen LogP contribution in [0.25, 0.3) is 11.5 Å². The Labute approximate surface area is 146 Å². The van der Waals surface area contributed by atoms with Gasteiger partial charge < -0.3 is 9.15 Å². The quantitative estimate of drug-likeness (QED) is 0.689. The molecular weight excluding hydrogens is 346 g/mol. The molecule has 0 saturated heterocycles. The maximum Gasteiger partial charge on any atom is 0.231 e. The van der Waals surface area contributed by atoms with Crippen molar-refractivity contribution in [3.63, 3.8) is 0 Å². The number of benzene rings is 1. The largest absolute Gasteiger partial charge is 0.481 e. The van der Waals surface area contributed by atoms with Gasteiger partial charge in [-0.3, -0.25) is 9.59 Å². The molecule has 122 valence electrons. The SMILES string of the molecule is CSC(=O)c1scnc1-c1occc(=O)c1OCc1ccccc1. The maximum absolute atomic E-state index is 12.2. The molecule has 0 N–H and O–H groups in total. The van der Waals surface area contributed by atoms with Crippen LogP contribution in [0.3, 0.4) is 0 Å². The second kappa shape index (κ2) is 7.46. The number of hydrogen-bond donors (Lipinski definition) is 0. The van der Waals surface area contributed by atoms with Gasteiger partial charge in [-0.05, 0) is 11.8 Å². The molecule has 0 aliphatic heterocycles. The number of hydrogen-bond acceptors (Lipinski definition) is 7. The Hall–Kier alpha value is -2.38. The Morgan fingerprint density at radius 3 is 2.83 bits per heavy atom. The van der Waals surface area contributed by atoms with Gasteiger partial charge in [0.15, 0.2) is 5.76 Å². The summed E-state index contributed by atoms with van der Waals surface area (Å²) < 4.78 is 11.2. The number of thiazole rings is 1. The molecule has 1 aromatic carbocycles. The van der Waals surface area contributed by atoms with Gasteiger partial charge in [-0.2, -0.15) is 0 Å². The fourth-order valence-electron chi connectivity index (χ4n) is 2.08. The first-order valence-electron chi connectivity index (χ1n) is 7.01. The molecule has 0 amide bonds. The van der Waals surface area contributed by atoms with Crippen LogP contribution in [0.4, 0.5) is 0 Å². The minimum atomic E-state index is -0.317. The highest BCUT2D eigenvalue weighted by molar-refractivity contribution is 8.13. The summed E-state index contributed by atoms with van der Waals surface area (Å²) in [4.78, 5) is 28.8. The summed E-state index contributed by atoms with van der Waals surface area (Å²) >= 11 is 2.29. The van der Waals surface area contributed by atoms with Gasteiger partial charge in [0, 0.05) is 6.07 Å². The van der Waals surface area contributed by atoms with Crippen molar-refractivity contribution < 1.29 is 13.9 Å². The van der Waals surface area contributed by atoms with E-state index in [0.29, 0.717) is 10.6 Å². The molecule has 0 bridgehead atoms. The number of thioether (sulfide) groups is 1. The number of carbonyl (C=O) groups excluding carboxylic acids is 1. The summed E-state index contributed by atoms with van der Waals surface area (Å²) in [6.45, 7) is 0.221. The summed E-state index contributed by atoms with van der Waals surface area (Å²) in [7, 11) is 0. The lowest BCUT2D eigenvalue weighted by atomic mass is 10.2. The first-order valence-corrected chi connectivity index (χ1v) is 9.12. The minimum Gasteiger partial charge on any atom is -0.481 e. The first-order chi connectivity index (χ1) is 11.7. The molecular formula is C17H13NO4S2. The third-order valence-corrected chi connectivity index (χ3v) is 4.74. The third-order valence-electron chi connectivity index (χ3n) is 3.21. The van der Waals surface area contributed by atoms with E-state index in [-0.39, 0.29) is 28.7 Å². The normalized spacial score (nSPS) is 10.5. The van der Waals surface area contributed by atoms with Gasteiger partial charge in [-0.1, -0.05) is 42.1 Å². The average Bonchev–Trinajstić information content (AvgIpc) is 3.10. The van der Waals surface area contributed by atoms with Crippen molar-refractivity contribution in [2.75, 3.05) is 6.26 Å². The van der Waals surface area contributed by atoms with Gasteiger partial charge in [0.25, 0.3) is 0 Å². The van der Waals surface area contributed by atoms with E-state index in [2.05, 4.69) is 4.98 Å². The topological polar surface area (TPSA) is 69.4 Å². The molecule has 0 aliphatic carbocycles. The Kier molecular flexibility index (Phi) is 5.12. The molecule has 0 unspecified atom stereocenters. The fraction of sp³-hybridized carbons (Fsp3) is 0.118. The van der Waals surface area contributed by atoms with Crippen molar-refractivity contribution in [3.8, 4) is 17.2 Å². The number of carbonyl (C=O) groups is 1. The molecule has 24 heavy (non-hydrogen) atoms. The molecule has 0 radical (unpaired) electrons. The molecule has 0 aliphatic rings. The molecule has 3 rings (SSSR count). The fourth-order valence-corrected chi connectivity index (χ4v) is 3.37. The van der Waals surface area contributed by atoms with Crippen LogP contribution in [-0.4, -0.2) is 16.4 Å². The van der Waals surface area contributed by atoms with Crippen molar-refractivity contribution >= 4 is 28.2 Å². The lowest BCUT2D eigenvalue weighted by Gasteiger charge is -2.09. The van der Waals surface area contributed by atoms with E-state index < -0.39 is 0 Å². The van der Waals surface area contributed by atoms with Crippen LogP contribution in [0.15, 0.2) is 57.4 Å². The Morgan fingerprint density at radius 1 is 1.29 bits per heavy atom. The summed E-state index contributed by atoms with van der Waals surface area (Å²) in [5.41, 5.74) is 2.49. The lowest BCUT2D eigenvalue weighted by Crippen LogP contribution is -2.09. The van der Waals surface area contributed by atoms with Crippen molar-refractivity contribution in [1.82, 2.24) is 4.98 Å². The minimum absolute atomic E-state index is 0.0578. The van der Waals surface area contributed by atoms with Gasteiger partial charge >= 0.3 is 0 Å². The van der Waals surface area contributed by atoms with E-state index in [4.69, 9.17) is 9.15 Å². The highest BCUT2D eigenvalue weighted by atomic mass is 32.2. The van der Waals surface area contributed by atoms with Crippen LogP contribution in [-0.2, 0) is 6.61 Å². The molecule has 0 atom stereocenters. The van der Waals surface area contributed by atoms with E-state index in [1.807, 2.05) is 30.3 Å². The highest BCUT2D eigenvalue weighted by Gasteiger charge is 2.22. The smallest absolute Gasteiger partial charge is 0.231 e. The van der Waals surface area contributed by atoms with Crippen LogP contribution in [0.1, 0.15) is 15.2 Å². The van der Waals surface area contributed by atoms with E-state index in [0.717, 1.165) is 17.3 Å². The van der Waals surface area contributed by atoms with Crippen LogP contribution in [0, 0.1) is 0 Å². The Balaban J connectivity index is 1.98. The molecule has 0 saturated carbocycles. The Bertz CT molecular complexity index is 902. The van der Waals surface area contributed by atoms with Crippen LogP contribution >= 0.6 is 23.1 Å². The molecule has 0 spiro atoms. The number of nitrogens with zero attached hydrogens (tertiary/aromatic N) is 1. The zero-order valence-electron chi connectivity index (χ0n) is 12.7. The number of aromatic nitrogens is 1. The van der Waals surface area contributed by atoms with E-state index in [1.54, 1.807) is 11.8 Å². The van der Waals surface area contributed by atoms with Crippen molar-refractivity contribution in [2.24, 2.45) is 0 Å².